The first-order valence-electron chi connectivity index (χ1n) is 10.1. The highest BCUT2D eigenvalue weighted by Crippen LogP contribution is 2.23. The summed E-state index contributed by atoms with van der Waals surface area (Å²) in [6, 6.07) is 3.66. The van der Waals surface area contributed by atoms with Crippen LogP contribution >= 0.6 is 0 Å². The van der Waals surface area contributed by atoms with E-state index in [-0.39, 0.29) is 11.8 Å². The topological polar surface area (TPSA) is 82.5 Å². The maximum atomic E-state index is 12.8. The van der Waals surface area contributed by atoms with Crippen LogP contribution in [-0.2, 0) is 6.42 Å². The molecule has 4 heterocycles. The second-order valence-electron chi connectivity index (χ2n) is 7.92. The Morgan fingerprint density at radius 2 is 1.76 bits per heavy atom. The van der Waals surface area contributed by atoms with Crippen LogP contribution in [0.15, 0.2) is 36.9 Å². The lowest BCUT2D eigenvalue weighted by Gasteiger charge is -2.32. The van der Waals surface area contributed by atoms with Gasteiger partial charge < -0.3 is 14.7 Å². The minimum Gasteiger partial charge on any atom is -0.338 e. The Morgan fingerprint density at radius 3 is 2.52 bits per heavy atom. The number of nitrogens with zero attached hydrogens (tertiary/aromatic N) is 6. The summed E-state index contributed by atoms with van der Waals surface area (Å²) in [7, 11) is 2.07. The Hall–Kier alpha value is -2.87. The summed E-state index contributed by atoms with van der Waals surface area (Å²) in [5.41, 5.74) is 2.28. The molecule has 29 heavy (non-hydrogen) atoms. The molecule has 2 saturated heterocycles. The van der Waals surface area contributed by atoms with Crippen molar-refractivity contribution in [2.24, 2.45) is 5.92 Å². The van der Waals surface area contributed by atoms with Crippen LogP contribution in [0, 0.1) is 5.92 Å². The molecule has 2 fully saturated rings. The van der Waals surface area contributed by atoms with Crippen molar-refractivity contribution in [3.8, 4) is 0 Å². The number of amides is 2. The lowest BCUT2D eigenvalue weighted by Crippen LogP contribution is -2.47. The number of likely N-dealkylation sites (N-methyl/N-ethyl adjacent to an activating group) is 1. The van der Waals surface area contributed by atoms with E-state index in [0.29, 0.717) is 23.6 Å². The predicted octanol–water partition coefficient (Wildman–Crippen LogP) is 0.964. The van der Waals surface area contributed by atoms with Crippen LogP contribution in [0.2, 0.25) is 0 Å². The first-order chi connectivity index (χ1) is 14.1. The molecule has 152 valence electrons. The quantitative estimate of drug-likeness (QED) is 0.768. The minimum absolute atomic E-state index is 0.000444. The summed E-state index contributed by atoms with van der Waals surface area (Å²) in [6.45, 7) is 4.75. The molecule has 0 radical (unpaired) electrons. The maximum absolute atomic E-state index is 12.8. The Labute approximate surface area is 170 Å². The average Bonchev–Trinajstić information content (AvgIpc) is 3.22. The van der Waals surface area contributed by atoms with Crippen molar-refractivity contribution in [2.75, 3.05) is 46.3 Å². The van der Waals surface area contributed by atoms with E-state index < -0.39 is 0 Å². The van der Waals surface area contributed by atoms with Crippen molar-refractivity contribution >= 4 is 11.8 Å². The average molecular weight is 394 g/mol. The number of likely N-dealkylation sites (tertiary alicyclic amines) is 1. The molecule has 2 aromatic heterocycles. The summed E-state index contributed by atoms with van der Waals surface area (Å²) < 4.78 is 0. The van der Waals surface area contributed by atoms with E-state index in [9.17, 15) is 9.59 Å². The number of carbonyl (C=O) groups excluding carboxylic acids is 2. The molecule has 0 aliphatic carbocycles. The van der Waals surface area contributed by atoms with Gasteiger partial charge in [0, 0.05) is 51.7 Å². The predicted molar refractivity (Wildman–Crippen MR) is 107 cm³/mol. The Kier molecular flexibility index (Phi) is 5.80. The van der Waals surface area contributed by atoms with Gasteiger partial charge in [-0.3, -0.25) is 14.6 Å². The fourth-order valence-electron chi connectivity index (χ4n) is 4.03. The van der Waals surface area contributed by atoms with Gasteiger partial charge in [0.1, 0.15) is 0 Å². The highest BCUT2D eigenvalue weighted by molar-refractivity contribution is 5.94. The minimum atomic E-state index is -0.000444. The summed E-state index contributed by atoms with van der Waals surface area (Å²) in [5, 5.41) is 7.51. The summed E-state index contributed by atoms with van der Waals surface area (Å²) >= 11 is 0. The van der Waals surface area contributed by atoms with Crippen LogP contribution in [0.5, 0.6) is 0 Å². The summed E-state index contributed by atoms with van der Waals surface area (Å²) in [4.78, 5) is 35.7. The van der Waals surface area contributed by atoms with Crippen molar-refractivity contribution < 1.29 is 9.59 Å². The first kappa shape index (κ1) is 19.4. The molecule has 0 bridgehead atoms. The monoisotopic (exact) mass is 394 g/mol. The fourth-order valence-corrected chi connectivity index (χ4v) is 4.03. The van der Waals surface area contributed by atoms with E-state index in [1.165, 1.54) is 12.4 Å². The van der Waals surface area contributed by atoms with Gasteiger partial charge in [0.25, 0.3) is 11.8 Å². The largest absolute Gasteiger partial charge is 0.338 e. The van der Waals surface area contributed by atoms with Crippen molar-refractivity contribution in [3.05, 3.63) is 53.6 Å². The van der Waals surface area contributed by atoms with Crippen LogP contribution < -0.4 is 0 Å². The number of hydrogen-bond donors (Lipinski definition) is 0. The smallest absolute Gasteiger partial charge is 0.255 e. The van der Waals surface area contributed by atoms with E-state index >= 15 is 0 Å². The molecule has 2 amide bonds. The van der Waals surface area contributed by atoms with E-state index in [4.69, 9.17) is 0 Å². The molecule has 0 aromatic carbocycles. The van der Waals surface area contributed by atoms with Gasteiger partial charge in [0.15, 0.2) is 0 Å². The molecular formula is C21H26N6O2. The van der Waals surface area contributed by atoms with E-state index in [0.717, 1.165) is 51.1 Å². The van der Waals surface area contributed by atoms with Crippen LogP contribution in [0.25, 0.3) is 0 Å². The molecule has 0 N–H and O–H groups in total. The zero-order chi connectivity index (χ0) is 20.2. The number of carbonyl (C=O) groups is 2. The number of pyridine rings is 1. The number of rotatable bonds is 4. The van der Waals surface area contributed by atoms with Gasteiger partial charge >= 0.3 is 0 Å². The Morgan fingerprint density at radius 1 is 0.966 bits per heavy atom. The molecule has 2 aromatic rings. The highest BCUT2D eigenvalue weighted by Gasteiger charge is 2.28. The normalized spacial score (nSPS) is 20.1. The molecule has 0 spiro atoms. The standard InChI is InChI=1S/C21H26N6O2/c1-25-6-8-26(9-7-25)21(29)19-11-17(12-22-13-19)10-16-3-5-27(15-16)20(28)18-2-4-23-24-14-18/h2,4,11-14,16H,3,5-10,15H2,1H3. The third kappa shape index (κ3) is 4.59. The number of hydrogen-bond acceptors (Lipinski definition) is 6. The Balaban J connectivity index is 1.36. The van der Waals surface area contributed by atoms with Gasteiger partial charge in [0.2, 0.25) is 0 Å². The second kappa shape index (κ2) is 8.65. The molecule has 4 rings (SSSR count). The lowest BCUT2D eigenvalue weighted by atomic mass is 9.99. The summed E-state index contributed by atoms with van der Waals surface area (Å²) in [5.74, 6) is 0.421. The molecule has 0 saturated carbocycles. The molecule has 2 aliphatic rings. The Bertz CT molecular complexity index is 866. The third-order valence-corrected chi connectivity index (χ3v) is 5.76. The maximum Gasteiger partial charge on any atom is 0.255 e. The van der Waals surface area contributed by atoms with Gasteiger partial charge in [-0.05, 0) is 43.5 Å². The van der Waals surface area contributed by atoms with Crippen molar-refractivity contribution in [2.45, 2.75) is 12.8 Å². The number of piperazine rings is 1. The zero-order valence-corrected chi connectivity index (χ0v) is 16.7. The van der Waals surface area contributed by atoms with Crippen LogP contribution in [0.1, 0.15) is 32.7 Å². The third-order valence-electron chi connectivity index (χ3n) is 5.76. The molecule has 8 heteroatoms. The van der Waals surface area contributed by atoms with Gasteiger partial charge in [-0.15, -0.1) is 0 Å². The van der Waals surface area contributed by atoms with E-state index in [2.05, 4.69) is 27.1 Å². The molecule has 1 unspecified atom stereocenters. The van der Waals surface area contributed by atoms with Crippen molar-refractivity contribution in [3.63, 3.8) is 0 Å². The van der Waals surface area contributed by atoms with Crippen LogP contribution in [-0.4, -0.2) is 88.0 Å². The molecule has 8 nitrogen and oxygen atoms in total. The van der Waals surface area contributed by atoms with Gasteiger partial charge in [-0.25, -0.2) is 0 Å². The molecular weight excluding hydrogens is 368 g/mol. The van der Waals surface area contributed by atoms with Crippen molar-refractivity contribution in [1.29, 1.82) is 0 Å². The van der Waals surface area contributed by atoms with E-state index in [1.807, 2.05) is 22.1 Å². The van der Waals surface area contributed by atoms with Crippen LogP contribution in [0.4, 0.5) is 0 Å². The number of aromatic nitrogens is 3. The highest BCUT2D eigenvalue weighted by atomic mass is 16.2. The SMILES string of the molecule is CN1CCN(C(=O)c2cncc(CC3CCN(C(=O)c4ccnnc4)C3)c2)CC1. The molecule has 1 atom stereocenters. The zero-order valence-electron chi connectivity index (χ0n) is 16.7. The van der Waals surface area contributed by atoms with Gasteiger partial charge in [-0.1, -0.05) is 0 Å². The van der Waals surface area contributed by atoms with Gasteiger partial charge in [0.05, 0.1) is 23.5 Å². The van der Waals surface area contributed by atoms with E-state index in [1.54, 1.807) is 12.3 Å². The molecule has 2 aliphatic heterocycles. The van der Waals surface area contributed by atoms with Crippen molar-refractivity contribution in [1.82, 2.24) is 29.9 Å². The lowest BCUT2D eigenvalue weighted by molar-refractivity contribution is 0.0663. The second-order valence-corrected chi connectivity index (χ2v) is 7.92. The fraction of sp³-hybridized carbons (Fsp3) is 0.476. The van der Waals surface area contributed by atoms with Crippen LogP contribution in [0.3, 0.4) is 0 Å². The first-order valence-corrected chi connectivity index (χ1v) is 10.1. The van der Waals surface area contributed by atoms with Gasteiger partial charge in [-0.2, -0.15) is 10.2 Å². The summed E-state index contributed by atoms with van der Waals surface area (Å²) in [6.07, 6.45) is 8.29.